The molecule has 0 amide bonds. The number of aliphatic hydroxyl groups is 1. The molecule has 0 bridgehead atoms. The van der Waals surface area contributed by atoms with Crippen LogP contribution in [0.4, 0.5) is 0 Å². The molecule has 15 heavy (non-hydrogen) atoms. The van der Waals surface area contributed by atoms with Crippen molar-refractivity contribution in [3.63, 3.8) is 0 Å². The second-order valence-electron chi connectivity index (χ2n) is 4.53. The molecule has 90 valence electrons. The average molecular weight is 218 g/mol. The first-order chi connectivity index (χ1) is 7.00. The normalized spacial score (nSPS) is 16.9. The van der Waals surface area contributed by atoms with E-state index in [4.69, 9.17) is 10.4 Å². The summed E-state index contributed by atoms with van der Waals surface area (Å²) in [5.74, 6) is -0.235. The van der Waals surface area contributed by atoms with E-state index in [1.165, 1.54) is 0 Å². The highest BCUT2D eigenvalue weighted by atomic mass is 17.1. The van der Waals surface area contributed by atoms with Gasteiger partial charge >= 0.3 is 5.97 Å². The molecule has 0 aliphatic rings. The zero-order valence-corrected chi connectivity index (χ0v) is 9.82. The zero-order chi connectivity index (χ0) is 11.9. The Kier molecular flexibility index (Phi) is 6.52. The van der Waals surface area contributed by atoms with E-state index in [1.54, 1.807) is 6.92 Å². The molecule has 0 heterocycles. The summed E-state index contributed by atoms with van der Waals surface area (Å²) < 4.78 is 0. The van der Waals surface area contributed by atoms with Gasteiger partial charge in [0.15, 0.2) is 0 Å². The van der Waals surface area contributed by atoms with Crippen LogP contribution in [0, 0.1) is 11.3 Å². The molecular formula is C11H22O4. The van der Waals surface area contributed by atoms with Crippen LogP contribution in [0.15, 0.2) is 0 Å². The largest absolute Gasteiger partial charge is 0.395 e. The lowest BCUT2D eigenvalue weighted by molar-refractivity contribution is -0.246. The van der Waals surface area contributed by atoms with Crippen molar-refractivity contribution in [2.24, 2.45) is 11.3 Å². The van der Waals surface area contributed by atoms with Crippen LogP contribution < -0.4 is 0 Å². The standard InChI is InChI=1S/C11H22O4/c1-4-5-9(2)6-7-11(3,8-12)10(13)15-14/h9,12,14H,4-8H2,1-3H3. The van der Waals surface area contributed by atoms with Gasteiger partial charge in [0.25, 0.3) is 0 Å². The fourth-order valence-corrected chi connectivity index (χ4v) is 1.56. The first-order valence-electron chi connectivity index (χ1n) is 5.47. The summed E-state index contributed by atoms with van der Waals surface area (Å²) in [7, 11) is 0. The second-order valence-corrected chi connectivity index (χ2v) is 4.53. The fourth-order valence-electron chi connectivity index (χ4n) is 1.56. The van der Waals surface area contributed by atoms with Gasteiger partial charge in [0, 0.05) is 0 Å². The van der Waals surface area contributed by atoms with Crippen molar-refractivity contribution in [1.82, 2.24) is 0 Å². The van der Waals surface area contributed by atoms with Gasteiger partial charge in [0.2, 0.25) is 0 Å². The van der Waals surface area contributed by atoms with Gasteiger partial charge in [-0.05, 0) is 25.7 Å². The number of rotatable bonds is 7. The maximum Gasteiger partial charge on any atom is 0.350 e. The monoisotopic (exact) mass is 218 g/mol. The minimum atomic E-state index is -0.975. The van der Waals surface area contributed by atoms with E-state index in [2.05, 4.69) is 18.7 Å². The SMILES string of the molecule is CCCC(C)CCC(C)(CO)C(=O)OO. The molecule has 4 heteroatoms. The molecule has 0 aliphatic heterocycles. The third kappa shape index (κ3) is 4.62. The maximum absolute atomic E-state index is 11.2. The molecule has 2 N–H and O–H groups in total. The highest BCUT2D eigenvalue weighted by Gasteiger charge is 2.34. The predicted octanol–water partition coefficient (Wildman–Crippen LogP) is 2.22. The quantitative estimate of drug-likeness (QED) is 0.508. The van der Waals surface area contributed by atoms with Crippen LogP contribution in [0.5, 0.6) is 0 Å². The summed E-state index contributed by atoms with van der Waals surface area (Å²) in [6.45, 7) is 5.53. The van der Waals surface area contributed by atoms with Crippen molar-refractivity contribution < 1.29 is 20.0 Å². The molecule has 0 saturated carbocycles. The Morgan fingerprint density at radius 1 is 1.47 bits per heavy atom. The van der Waals surface area contributed by atoms with E-state index >= 15 is 0 Å². The average Bonchev–Trinajstić information content (AvgIpc) is 2.25. The van der Waals surface area contributed by atoms with Crippen molar-refractivity contribution in [2.75, 3.05) is 6.61 Å². The molecule has 0 spiro atoms. The molecule has 0 aliphatic carbocycles. The van der Waals surface area contributed by atoms with E-state index in [0.29, 0.717) is 12.3 Å². The van der Waals surface area contributed by atoms with E-state index in [-0.39, 0.29) is 6.61 Å². The summed E-state index contributed by atoms with van der Waals surface area (Å²) in [4.78, 5) is 14.9. The number of hydrogen-bond acceptors (Lipinski definition) is 4. The summed E-state index contributed by atoms with van der Waals surface area (Å²) in [6, 6.07) is 0. The van der Waals surface area contributed by atoms with E-state index in [1.807, 2.05) is 0 Å². The van der Waals surface area contributed by atoms with Crippen molar-refractivity contribution in [3.8, 4) is 0 Å². The van der Waals surface area contributed by atoms with Crippen molar-refractivity contribution >= 4 is 5.97 Å². The van der Waals surface area contributed by atoms with Gasteiger partial charge in [-0.3, -0.25) is 0 Å². The molecule has 2 unspecified atom stereocenters. The van der Waals surface area contributed by atoms with Gasteiger partial charge in [-0.2, -0.15) is 5.26 Å². The molecule has 0 saturated heterocycles. The van der Waals surface area contributed by atoms with E-state index in [0.717, 1.165) is 19.3 Å². The van der Waals surface area contributed by atoms with Gasteiger partial charge < -0.3 is 9.99 Å². The lowest BCUT2D eigenvalue weighted by atomic mass is 9.83. The van der Waals surface area contributed by atoms with Crippen LogP contribution in [-0.4, -0.2) is 22.9 Å². The van der Waals surface area contributed by atoms with Crippen LogP contribution >= 0.6 is 0 Å². The van der Waals surface area contributed by atoms with Crippen molar-refractivity contribution in [1.29, 1.82) is 0 Å². The Morgan fingerprint density at radius 2 is 2.07 bits per heavy atom. The molecule has 0 fully saturated rings. The Morgan fingerprint density at radius 3 is 2.47 bits per heavy atom. The molecule has 0 aromatic heterocycles. The Labute approximate surface area is 91.2 Å². The first kappa shape index (κ1) is 14.4. The molecule has 0 aromatic rings. The zero-order valence-electron chi connectivity index (χ0n) is 9.82. The molecule has 4 nitrogen and oxygen atoms in total. The molecule has 2 atom stereocenters. The van der Waals surface area contributed by atoms with Crippen LogP contribution in [-0.2, 0) is 9.68 Å². The van der Waals surface area contributed by atoms with Crippen LogP contribution in [0.25, 0.3) is 0 Å². The Bertz CT molecular complexity index is 193. The van der Waals surface area contributed by atoms with Crippen LogP contribution in [0.3, 0.4) is 0 Å². The van der Waals surface area contributed by atoms with E-state index in [9.17, 15) is 4.79 Å². The van der Waals surface area contributed by atoms with Crippen molar-refractivity contribution in [3.05, 3.63) is 0 Å². The minimum absolute atomic E-state index is 0.300. The summed E-state index contributed by atoms with van der Waals surface area (Å²) in [5, 5.41) is 17.4. The Hall–Kier alpha value is -0.610. The number of hydrogen-bond donors (Lipinski definition) is 2. The predicted molar refractivity (Wildman–Crippen MR) is 57.2 cm³/mol. The lowest BCUT2D eigenvalue weighted by Gasteiger charge is -2.24. The fraction of sp³-hybridized carbons (Fsp3) is 0.909. The second kappa shape index (κ2) is 6.80. The van der Waals surface area contributed by atoms with Gasteiger partial charge in [-0.1, -0.05) is 26.7 Å². The highest BCUT2D eigenvalue weighted by molar-refractivity contribution is 5.75. The van der Waals surface area contributed by atoms with Crippen molar-refractivity contribution in [2.45, 2.75) is 46.5 Å². The van der Waals surface area contributed by atoms with Gasteiger partial charge in [0.1, 0.15) is 0 Å². The third-order valence-corrected chi connectivity index (χ3v) is 2.90. The Balaban J connectivity index is 4.14. The summed E-state index contributed by atoms with van der Waals surface area (Å²) >= 11 is 0. The molecular weight excluding hydrogens is 196 g/mol. The van der Waals surface area contributed by atoms with Crippen LogP contribution in [0.1, 0.15) is 46.5 Å². The smallest absolute Gasteiger partial charge is 0.350 e. The van der Waals surface area contributed by atoms with Gasteiger partial charge in [-0.25, -0.2) is 4.79 Å². The number of carbonyl (C=O) groups is 1. The molecule has 0 rings (SSSR count). The lowest BCUT2D eigenvalue weighted by Crippen LogP contribution is -2.33. The number of carbonyl (C=O) groups excluding carboxylic acids is 1. The molecule has 0 radical (unpaired) electrons. The van der Waals surface area contributed by atoms with Crippen LogP contribution in [0.2, 0.25) is 0 Å². The summed E-state index contributed by atoms with van der Waals surface area (Å²) in [5.41, 5.74) is -0.975. The van der Waals surface area contributed by atoms with E-state index < -0.39 is 11.4 Å². The van der Waals surface area contributed by atoms with Gasteiger partial charge in [0.05, 0.1) is 12.0 Å². The minimum Gasteiger partial charge on any atom is -0.395 e. The summed E-state index contributed by atoms with van der Waals surface area (Å²) in [6.07, 6.45) is 3.60. The molecule has 0 aromatic carbocycles. The number of aliphatic hydroxyl groups excluding tert-OH is 1. The van der Waals surface area contributed by atoms with Gasteiger partial charge in [-0.15, -0.1) is 0 Å². The topological polar surface area (TPSA) is 66.8 Å². The highest BCUT2D eigenvalue weighted by Crippen LogP contribution is 2.27. The first-order valence-corrected chi connectivity index (χ1v) is 5.47. The maximum atomic E-state index is 11.2. The third-order valence-electron chi connectivity index (χ3n) is 2.90.